The number of nitrogens with zero attached hydrogens (tertiary/aromatic N) is 1. The van der Waals surface area contributed by atoms with Crippen molar-refractivity contribution < 1.29 is 9.21 Å². The molecule has 94 valence electrons. The van der Waals surface area contributed by atoms with E-state index in [0.29, 0.717) is 25.1 Å². The van der Waals surface area contributed by atoms with Crippen LogP contribution < -0.4 is 10.9 Å². The number of hydrogen-bond donors (Lipinski definition) is 1. The third-order valence-electron chi connectivity index (χ3n) is 2.54. The van der Waals surface area contributed by atoms with E-state index < -0.39 is 0 Å². The van der Waals surface area contributed by atoms with Crippen molar-refractivity contribution in [3.63, 3.8) is 0 Å². The minimum absolute atomic E-state index is 0.0290. The van der Waals surface area contributed by atoms with Crippen LogP contribution in [-0.2, 0) is 6.54 Å². The second kappa shape index (κ2) is 5.86. The maximum Gasteiger partial charge on any atom is 0.254 e. The first-order valence-electron chi connectivity index (χ1n) is 5.73. The molecule has 0 aliphatic heterocycles. The quantitative estimate of drug-likeness (QED) is 0.808. The summed E-state index contributed by atoms with van der Waals surface area (Å²) < 4.78 is 6.44. The molecule has 5 nitrogen and oxygen atoms in total. The van der Waals surface area contributed by atoms with Gasteiger partial charge in [-0.25, -0.2) is 0 Å². The minimum Gasteiger partial charge on any atom is -0.472 e. The first-order valence-corrected chi connectivity index (χ1v) is 5.73. The minimum atomic E-state index is -0.163. The highest BCUT2D eigenvalue weighted by Gasteiger charge is 2.05. The number of rotatable bonds is 5. The van der Waals surface area contributed by atoms with Crippen molar-refractivity contribution in [2.75, 3.05) is 6.54 Å². The summed E-state index contributed by atoms with van der Waals surface area (Å²) in [5.74, 6) is -0.163. The number of furan rings is 1. The summed E-state index contributed by atoms with van der Waals surface area (Å²) in [4.78, 5) is 22.9. The molecule has 0 saturated heterocycles. The molecular weight excluding hydrogens is 232 g/mol. The Labute approximate surface area is 104 Å². The van der Waals surface area contributed by atoms with Gasteiger partial charge in [0.1, 0.15) is 6.26 Å². The smallest absolute Gasteiger partial charge is 0.254 e. The Morgan fingerprint density at radius 2 is 2.22 bits per heavy atom. The largest absolute Gasteiger partial charge is 0.472 e. The van der Waals surface area contributed by atoms with Crippen LogP contribution in [0.15, 0.2) is 52.2 Å². The van der Waals surface area contributed by atoms with Crippen LogP contribution in [0.25, 0.3) is 0 Å². The fourth-order valence-corrected chi connectivity index (χ4v) is 1.59. The number of amides is 1. The van der Waals surface area contributed by atoms with Gasteiger partial charge in [0.05, 0.1) is 11.8 Å². The van der Waals surface area contributed by atoms with Crippen LogP contribution in [0.2, 0.25) is 0 Å². The molecule has 1 amide bonds. The van der Waals surface area contributed by atoms with Crippen LogP contribution in [0, 0.1) is 0 Å². The summed E-state index contributed by atoms with van der Waals surface area (Å²) in [5, 5.41) is 2.76. The highest BCUT2D eigenvalue weighted by molar-refractivity contribution is 5.93. The van der Waals surface area contributed by atoms with Crippen LogP contribution in [0.3, 0.4) is 0 Å². The lowest BCUT2D eigenvalue weighted by atomic mass is 10.3. The van der Waals surface area contributed by atoms with Gasteiger partial charge in [-0.05, 0) is 18.6 Å². The highest BCUT2D eigenvalue weighted by Crippen LogP contribution is 1.98. The molecule has 0 aliphatic rings. The molecular formula is C13H14N2O3. The van der Waals surface area contributed by atoms with E-state index in [1.165, 1.54) is 18.6 Å². The lowest BCUT2D eigenvalue weighted by molar-refractivity contribution is 0.0952. The Kier molecular flexibility index (Phi) is 3.96. The van der Waals surface area contributed by atoms with Gasteiger partial charge in [-0.1, -0.05) is 6.07 Å². The SMILES string of the molecule is O=C(NCCCn1ccccc1=O)c1ccoc1. The average Bonchev–Trinajstić information content (AvgIpc) is 2.90. The van der Waals surface area contributed by atoms with Crippen molar-refractivity contribution in [3.8, 4) is 0 Å². The summed E-state index contributed by atoms with van der Waals surface area (Å²) >= 11 is 0. The second-order valence-electron chi connectivity index (χ2n) is 3.85. The van der Waals surface area contributed by atoms with E-state index in [4.69, 9.17) is 4.42 Å². The van der Waals surface area contributed by atoms with E-state index >= 15 is 0 Å². The monoisotopic (exact) mass is 246 g/mol. The molecule has 0 bridgehead atoms. The van der Waals surface area contributed by atoms with E-state index in [2.05, 4.69) is 5.32 Å². The van der Waals surface area contributed by atoms with Crippen molar-refractivity contribution in [3.05, 3.63) is 58.9 Å². The zero-order chi connectivity index (χ0) is 12.8. The first kappa shape index (κ1) is 12.2. The van der Waals surface area contributed by atoms with Crippen molar-refractivity contribution in [1.82, 2.24) is 9.88 Å². The van der Waals surface area contributed by atoms with Gasteiger partial charge in [-0.15, -0.1) is 0 Å². The zero-order valence-corrected chi connectivity index (χ0v) is 9.83. The summed E-state index contributed by atoms with van der Waals surface area (Å²) in [6.45, 7) is 1.11. The van der Waals surface area contributed by atoms with Gasteiger partial charge in [0.25, 0.3) is 5.91 Å². The first-order chi connectivity index (χ1) is 8.77. The molecule has 5 heteroatoms. The molecule has 2 aromatic rings. The predicted octanol–water partition coefficient (Wildman–Crippen LogP) is 1.26. The Morgan fingerprint density at radius 3 is 2.94 bits per heavy atom. The number of aryl methyl sites for hydroxylation is 1. The number of aromatic nitrogens is 1. The van der Waals surface area contributed by atoms with Gasteiger partial charge in [-0.3, -0.25) is 9.59 Å². The van der Waals surface area contributed by atoms with Crippen LogP contribution in [0.5, 0.6) is 0 Å². The lowest BCUT2D eigenvalue weighted by Crippen LogP contribution is -2.26. The van der Waals surface area contributed by atoms with Gasteiger partial charge in [0.2, 0.25) is 5.56 Å². The summed E-state index contributed by atoms with van der Waals surface area (Å²) in [6.07, 6.45) is 5.29. The Hall–Kier alpha value is -2.30. The third kappa shape index (κ3) is 3.10. The number of hydrogen-bond acceptors (Lipinski definition) is 3. The molecule has 0 radical (unpaired) electrons. The molecule has 0 aromatic carbocycles. The van der Waals surface area contributed by atoms with Crippen LogP contribution >= 0.6 is 0 Å². The van der Waals surface area contributed by atoms with Gasteiger partial charge >= 0.3 is 0 Å². The van der Waals surface area contributed by atoms with Gasteiger partial charge in [0.15, 0.2) is 0 Å². The summed E-state index contributed by atoms with van der Waals surface area (Å²) in [6, 6.07) is 6.64. The summed E-state index contributed by atoms with van der Waals surface area (Å²) in [7, 11) is 0. The maximum absolute atomic E-state index is 11.5. The summed E-state index contributed by atoms with van der Waals surface area (Å²) in [5.41, 5.74) is 0.477. The molecule has 0 spiro atoms. The Balaban J connectivity index is 1.75. The van der Waals surface area contributed by atoms with Gasteiger partial charge < -0.3 is 14.3 Å². The lowest BCUT2D eigenvalue weighted by Gasteiger charge is -2.05. The topological polar surface area (TPSA) is 64.2 Å². The van der Waals surface area contributed by atoms with Gasteiger partial charge in [-0.2, -0.15) is 0 Å². The van der Waals surface area contributed by atoms with E-state index in [1.807, 2.05) is 6.07 Å². The maximum atomic E-state index is 11.5. The molecule has 2 aromatic heterocycles. The van der Waals surface area contributed by atoms with E-state index in [1.54, 1.807) is 22.9 Å². The molecule has 0 aliphatic carbocycles. The second-order valence-corrected chi connectivity index (χ2v) is 3.85. The number of pyridine rings is 1. The fourth-order valence-electron chi connectivity index (χ4n) is 1.59. The molecule has 0 saturated carbocycles. The van der Waals surface area contributed by atoms with E-state index in [0.717, 1.165) is 0 Å². The third-order valence-corrected chi connectivity index (χ3v) is 2.54. The molecule has 0 atom stereocenters. The van der Waals surface area contributed by atoms with Crippen molar-refractivity contribution in [1.29, 1.82) is 0 Å². The molecule has 2 rings (SSSR count). The molecule has 2 heterocycles. The van der Waals surface area contributed by atoms with Crippen molar-refractivity contribution in [2.45, 2.75) is 13.0 Å². The van der Waals surface area contributed by atoms with E-state index in [9.17, 15) is 9.59 Å². The highest BCUT2D eigenvalue weighted by atomic mass is 16.3. The number of nitrogens with one attached hydrogen (secondary N) is 1. The van der Waals surface area contributed by atoms with Crippen LogP contribution in [0.1, 0.15) is 16.8 Å². The normalized spacial score (nSPS) is 10.2. The van der Waals surface area contributed by atoms with Crippen molar-refractivity contribution >= 4 is 5.91 Å². The standard InChI is InChI=1S/C13H14N2O3/c16-12-4-1-2-7-15(12)8-3-6-14-13(17)11-5-9-18-10-11/h1-2,4-5,7,9-10H,3,6,8H2,(H,14,17). The fraction of sp³-hybridized carbons (Fsp3) is 0.231. The molecule has 0 unspecified atom stereocenters. The molecule has 18 heavy (non-hydrogen) atoms. The Bertz CT molecular complexity index is 558. The van der Waals surface area contributed by atoms with Gasteiger partial charge in [0, 0.05) is 25.4 Å². The van der Waals surface area contributed by atoms with Crippen LogP contribution in [-0.4, -0.2) is 17.0 Å². The molecule has 0 fully saturated rings. The van der Waals surface area contributed by atoms with Crippen LogP contribution in [0.4, 0.5) is 0 Å². The number of carbonyl (C=O) groups excluding carboxylic acids is 1. The zero-order valence-electron chi connectivity index (χ0n) is 9.83. The number of carbonyl (C=O) groups is 1. The van der Waals surface area contributed by atoms with E-state index in [-0.39, 0.29) is 11.5 Å². The Morgan fingerprint density at radius 1 is 1.33 bits per heavy atom. The van der Waals surface area contributed by atoms with Crippen molar-refractivity contribution in [2.24, 2.45) is 0 Å². The molecule has 1 N–H and O–H groups in total. The average molecular weight is 246 g/mol. The predicted molar refractivity (Wildman–Crippen MR) is 66.4 cm³/mol.